The lowest BCUT2D eigenvalue weighted by atomic mass is 10.1. The third-order valence-electron chi connectivity index (χ3n) is 3.82. The van der Waals surface area contributed by atoms with Crippen LogP contribution in [0.5, 0.6) is 0 Å². The number of nitrogens with one attached hydrogen (secondary N) is 2. The Kier molecular flexibility index (Phi) is 8.89. The number of halogens is 2. The second kappa shape index (κ2) is 11.4. The van der Waals surface area contributed by atoms with E-state index in [-0.39, 0.29) is 23.4 Å². The van der Waals surface area contributed by atoms with Gasteiger partial charge in [-0.2, -0.15) is 0 Å². The van der Waals surface area contributed by atoms with Crippen LogP contribution in [-0.4, -0.2) is 35.6 Å². The van der Waals surface area contributed by atoms with Crippen LogP contribution in [0, 0.1) is 5.92 Å². The molecule has 1 heterocycles. The average Bonchev–Trinajstić information content (AvgIpc) is 2.71. The van der Waals surface area contributed by atoms with Gasteiger partial charge in [-0.25, -0.2) is 14.6 Å². The molecule has 1 unspecified atom stereocenters. The van der Waals surface area contributed by atoms with E-state index in [2.05, 4.69) is 15.6 Å². The number of carbonyl (C=O) groups is 3. The number of hydrogen-bond donors (Lipinski definition) is 2. The number of aromatic nitrogens is 1. The molecule has 0 saturated heterocycles. The number of anilines is 1. The molecule has 2 N–H and O–H groups in total. The Balaban J connectivity index is 1.83. The molecule has 0 radical (unpaired) electrons. The first-order valence-electron chi connectivity index (χ1n) is 9.01. The van der Waals surface area contributed by atoms with Crippen LogP contribution in [-0.2, 0) is 25.7 Å². The van der Waals surface area contributed by atoms with E-state index < -0.39 is 30.6 Å². The fourth-order valence-electron chi connectivity index (χ4n) is 2.29. The van der Waals surface area contributed by atoms with Gasteiger partial charge in [-0.1, -0.05) is 67.4 Å². The number of alkyl carbamates (subject to hydrolysis) is 1. The maximum absolute atomic E-state index is 12.3. The van der Waals surface area contributed by atoms with Crippen molar-refractivity contribution in [3.8, 4) is 0 Å². The van der Waals surface area contributed by atoms with Crippen molar-refractivity contribution in [2.24, 2.45) is 5.92 Å². The maximum atomic E-state index is 12.3. The van der Waals surface area contributed by atoms with Crippen molar-refractivity contribution >= 4 is 47.0 Å². The molecule has 2 amide bonds. The molecule has 1 atom stereocenters. The highest BCUT2D eigenvalue weighted by atomic mass is 35.5. The van der Waals surface area contributed by atoms with Crippen LogP contribution in [0.2, 0.25) is 10.0 Å². The molecule has 160 valence electrons. The van der Waals surface area contributed by atoms with Crippen LogP contribution >= 0.6 is 23.2 Å². The number of ether oxygens (including phenoxy) is 2. The molecule has 10 heteroatoms. The van der Waals surface area contributed by atoms with Crippen molar-refractivity contribution in [3.63, 3.8) is 0 Å². The van der Waals surface area contributed by atoms with Gasteiger partial charge >= 0.3 is 12.1 Å². The van der Waals surface area contributed by atoms with Crippen LogP contribution in [0.1, 0.15) is 19.4 Å². The van der Waals surface area contributed by atoms with Crippen molar-refractivity contribution in [2.45, 2.75) is 26.5 Å². The zero-order chi connectivity index (χ0) is 22.1. The standard InChI is InChI=1S/C20H21Cl2N3O5/c1-12(2)17(25-20(28)30-10-13-6-4-3-5-7-13)19(27)29-11-16(26)24-18-15(22)8-14(21)9-23-18/h3-9,12,17H,10-11H2,1-2H3,(H,25,28)(H,23,24,26). The summed E-state index contributed by atoms with van der Waals surface area (Å²) >= 11 is 11.7. The Morgan fingerprint density at radius 2 is 1.80 bits per heavy atom. The van der Waals surface area contributed by atoms with Gasteiger partial charge in [0.25, 0.3) is 5.91 Å². The Morgan fingerprint density at radius 1 is 1.10 bits per heavy atom. The molecule has 0 spiro atoms. The normalized spacial score (nSPS) is 11.5. The number of nitrogens with zero attached hydrogens (tertiary/aromatic N) is 1. The first-order chi connectivity index (χ1) is 14.3. The molecule has 0 bridgehead atoms. The van der Waals surface area contributed by atoms with E-state index in [0.29, 0.717) is 5.02 Å². The summed E-state index contributed by atoms with van der Waals surface area (Å²) in [5.41, 5.74) is 0.808. The van der Waals surface area contributed by atoms with Gasteiger partial charge in [0.05, 0.1) is 10.0 Å². The summed E-state index contributed by atoms with van der Waals surface area (Å²) in [7, 11) is 0. The smallest absolute Gasteiger partial charge is 0.408 e. The largest absolute Gasteiger partial charge is 0.454 e. The molecule has 0 aliphatic heterocycles. The van der Waals surface area contributed by atoms with Crippen molar-refractivity contribution in [1.82, 2.24) is 10.3 Å². The Labute approximate surface area is 183 Å². The third kappa shape index (κ3) is 7.53. The lowest BCUT2D eigenvalue weighted by Crippen LogP contribution is -2.46. The van der Waals surface area contributed by atoms with Crippen molar-refractivity contribution in [3.05, 3.63) is 58.2 Å². The highest BCUT2D eigenvalue weighted by Gasteiger charge is 2.27. The van der Waals surface area contributed by atoms with Crippen LogP contribution in [0.15, 0.2) is 42.6 Å². The number of carbonyl (C=O) groups excluding carboxylic acids is 3. The number of hydrogen-bond acceptors (Lipinski definition) is 6. The summed E-state index contributed by atoms with van der Waals surface area (Å²) in [6.45, 7) is 2.93. The Morgan fingerprint density at radius 3 is 2.43 bits per heavy atom. The number of rotatable bonds is 8. The van der Waals surface area contributed by atoms with Crippen LogP contribution in [0.3, 0.4) is 0 Å². The predicted molar refractivity (Wildman–Crippen MR) is 112 cm³/mol. The molecule has 1 aromatic carbocycles. The summed E-state index contributed by atoms with van der Waals surface area (Å²) in [6.07, 6.45) is 0.547. The minimum absolute atomic E-state index is 0.0593. The SMILES string of the molecule is CC(C)C(NC(=O)OCc1ccccc1)C(=O)OCC(=O)Nc1ncc(Cl)cc1Cl. The maximum Gasteiger partial charge on any atom is 0.408 e. The molecule has 30 heavy (non-hydrogen) atoms. The molecule has 0 fully saturated rings. The number of benzene rings is 1. The van der Waals surface area contributed by atoms with E-state index in [0.717, 1.165) is 5.56 Å². The summed E-state index contributed by atoms with van der Waals surface area (Å²) in [5.74, 6) is -1.62. The van der Waals surface area contributed by atoms with Gasteiger partial charge in [-0.05, 0) is 17.5 Å². The minimum Gasteiger partial charge on any atom is -0.454 e. The van der Waals surface area contributed by atoms with Gasteiger partial charge in [0.15, 0.2) is 12.4 Å². The van der Waals surface area contributed by atoms with E-state index in [1.54, 1.807) is 13.8 Å². The van der Waals surface area contributed by atoms with Gasteiger partial charge in [0.1, 0.15) is 12.6 Å². The second-order valence-corrected chi connectivity index (χ2v) is 7.41. The topological polar surface area (TPSA) is 107 Å². The van der Waals surface area contributed by atoms with E-state index >= 15 is 0 Å². The lowest BCUT2D eigenvalue weighted by molar-refractivity contribution is -0.150. The van der Waals surface area contributed by atoms with Gasteiger partial charge in [-0.3, -0.25) is 4.79 Å². The fraction of sp³-hybridized carbons (Fsp3) is 0.300. The number of esters is 1. The van der Waals surface area contributed by atoms with E-state index in [1.807, 2.05) is 30.3 Å². The monoisotopic (exact) mass is 453 g/mol. The van der Waals surface area contributed by atoms with Gasteiger partial charge in [0.2, 0.25) is 0 Å². The third-order valence-corrected chi connectivity index (χ3v) is 4.31. The van der Waals surface area contributed by atoms with Crippen molar-refractivity contribution < 1.29 is 23.9 Å². The van der Waals surface area contributed by atoms with Crippen LogP contribution < -0.4 is 10.6 Å². The zero-order valence-electron chi connectivity index (χ0n) is 16.4. The van der Waals surface area contributed by atoms with Crippen LogP contribution in [0.25, 0.3) is 0 Å². The molecular formula is C20H21Cl2N3O5. The summed E-state index contributed by atoms with van der Waals surface area (Å²) < 4.78 is 10.1. The highest BCUT2D eigenvalue weighted by molar-refractivity contribution is 6.36. The molecule has 1 aromatic heterocycles. The molecule has 2 rings (SSSR count). The highest BCUT2D eigenvalue weighted by Crippen LogP contribution is 2.22. The number of pyridine rings is 1. The lowest BCUT2D eigenvalue weighted by Gasteiger charge is -2.20. The van der Waals surface area contributed by atoms with Crippen molar-refractivity contribution in [2.75, 3.05) is 11.9 Å². The van der Waals surface area contributed by atoms with E-state index in [4.69, 9.17) is 32.7 Å². The summed E-state index contributed by atoms with van der Waals surface area (Å²) in [5, 5.41) is 5.33. The van der Waals surface area contributed by atoms with Gasteiger partial charge in [0, 0.05) is 6.20 Å². The first-order valence-corrected chi connectivity index (χ1v) is 9.76. The van der Waals surface area contributed by atoms with E-state index in [1.165, 1.54) is 12.3 Å². The number of amides is 2. The van der Waals surface area contributed by atoms with Gasteiger partial charge in [-0.15, -0.1) is 0 Å². The van der Waals surface area contributed by atoms with Gasteiger partial charge < -0.3 is 20.1 Å². The molecule has 2 aromatic rings. The molecule has 8 nitrogen and oxygen atoms in total. The van der Waals surface area contributed by atoms with Crippen molar-refractivity contribution in [1.29, 1.82) is 0 Å². The molecule has 0 aliphatic carbocycles. The van der Waals surface area contributed by atoms with E-state index in [9.17, 15) is 14.4 Å². The fourth-order valence-corrected chi connectivity index (χ4v) is 2.72. The summed E-state index contributed by atoms with van der Waals surface area (Å²) in [4.78, 5) is 40.2. The summed E-state index contributed by atoms with van der Waals surface area (Å²) in [6, 6.07) is 9.53. The van der Waals surface area contributed by atoms with Crippen LogP contribution in [0.4, 0.5) is 10.6 Å². The average molecular weight is 454 g/mol. The Hall–Kier alpha value is -2.84. The molecular weight excluding hydrogens is 433 g/mol. The first kappa shape index (κ1) is 23.4. The zero-order valence-corrected chi connectivity index (χ0v) is 17.9. The molecule has 0 aliphatic rings. The molecule has 0 saturated carbocycles. The minimum atomic E-state index is -0.988. The predicted octanol–water partition coefficient (Wildman–Crippen LogP) is 3.82. The second-order valence-electron chi connectivity index (χ2n) is 6.57. The quantitative estimate of drug-likeness (QED) is 0.588. The Bertz CT molecular complexity index is 893.